The number of rotatable bonds is 8. The van der Waals surface area contributed by atoms with Crippen LogP contribution in [0.15, 0.2) is 48.5 Å². The molecule has 0 spiro atoms. The summed E-state index contributed by atoms with van der Waals surface area (Å²) in [5, 5.41) is 3.05. The van der Waals surface area contributed by atoms with Gasteiger partial charge < -0.3 is 19.7 Å². The monoisotopic (exact) mass is 410 g/mol. The third-order valence-corrected chi connectivity index (χ3v) is 5.39. The Labute approximate surface area is 178 Å². The Morgan fingerprint density at radius 3 is 2.40 bits per heavy atom. The molecule has 2 amide bonds. The van der Waals surface area contributed by atoms with E-state index in [-0.39, 0.29) is 24.5 Å². The lowest BCUT2D eigenvalue weighted by atomic mass is 10.0. The van der Waals surface area contributed by atoms with Crippen molar-refractivity contribution < 1.29 is 19.1 Å². The van der Waals surface area contributed by atoms with Gasteiger partial charge in [-0.3, -0.25) is 9.59 Å². The van der Waals surface area contributed by atoms with Crippen LogP contribution < -0.4 is 14.8 Å². The second kappa shape index (κ2) is 10.7. The minimum absolute atomic E-state index is 0.0192. The Bertz CT molecular complexity index is 846. The molecule has 1 heterocycles. The zero-order chi connectivity index (χ0) is 21.3. The van der Waals surface area contributed by atoms with Crippen molar-refractivity contribution in [2.24, 2.45) is 0 Å². The van der Waals surface area contributed by atoms with E-state index in [0.29, 0.717) is 31.9 Å². The maximum atomic E-state index is 12.4. The molecule has 30 heavy (non-hydrogen) atoms. The van der Waals surface area contributed by atoms with Gasteiger partial charge in [0.25, 0.3) is 5.91 Å². The second-order valence-electron chi connectivity index (χ2n) is 7.67. The Hall–Kier alpha value is -3.02. The van der Waals surface area contributed by atoms with Gasteiger partial charge in [0.05, 0.1) is 13.0 Å². The van der Waals surface area contributed by atoms with E-state index in [9.17, 15) is 9.59 Å². The van der Waals surface area contributed by atoms with Crippen LogP contribution in [0.1, 0.15) is 30.4 Å². The van der Waals surface area contributed by atoms with Gasteiger partial charge in [0.1, 0.15) is 11.5 Å². The first-order chi connectivity index (χ1) is 14.5. The number of likely N-dealkylation sites (tertiary alicyclic amines) is 1. The average Bonchev–Trinajstić information content (AvgIpc) is 2.75. The van der Waals surface area contributed by atoms with Crippen LogP contribution >= 0.6 is 0 Å². The highest BCUT2D eigenvalue weighted by atomic mass is 16.5. The number of hydrogen-bond acceptors (Lipinski definition) is 4. The van der Waals surface area contributed by atoms with E-state index in [1.807, 2.05) is 67.3 Å². The summed E-state index contributed by atoms with van der Waals surface area (Å²) in [4.78, 5) is 26.4. The molecule has 1 N–H and O–H groups in total. The van der Waals surface area contributed by atoms with Crippen LogP contribution in [0.4, 0.5) is 0 Å². The molecule has 0 bridgehead atoms. The predicted molar refractivity (Wildman–Crippen MR) is 116 cm³/mol. The number of benzene rings is 2. The molecule has 1 saturated heterocycles. The molecule has 2 aromatic carbocycles. The van der Waals surface area contributed by atoms with Gasteiger partial charge in [-0.1, -0.05) is 24.3 Å². The van der Waals surface area contributed by atoms with E-state index in [4.69, 9.17) is 9.47 Å². The van der Waals surface area contributed by atoms with Gasteiger partial charge in [-0.05, 0) is 62.1 Å². The van der Waals surface area contributed by atoms with Gasteiger partial charge in [0.15, 0.2) is 6.61 Å². The summed E-state index contributed by atoms with van der Waals surface area (Å²) in [6.07, 6.45) is 1.82. The van der Waals surface area contributed by atoms with E-state index in [2.05, 4.69) is 5.32 Å². The standard InChI is InChI=1S/C24H30N2O4/c1-18-8-9-22(16-19(18)2)30-17-24(28)26-13-10-20(11-14-26)25-23(27)12-15-29-21-6-4-3-5-7-21/h3-9,16,20H,10-15,17H2,1-2H3,(H,25,27). The van der Waals surface area contributed by atoms with E-state index in [1.54, 1.807) is 0 Å². The Kier molecular flexibility index (Phi) is 7.71. The average molecular weight is 411 g/mol. The van der Waals surface area contributed by atoms with E-state index >= 15 is 0 Å². The number of nitrogens with zero attached hydrogens (tertiary/aromatic N) is 1. The first-order valence-electron chi connectivity index (χ1n) is 10.5. The van der Waals surface area contributed by atoms with E-state index in [0.717, 1.165) is 24.2 Å². The highest BCUT2D eigenvalue weighted by Gasteiger charge is 2.24. The molecule has 0 unspecified atom stereocenters. The van der Waals surface area contributed by atoms with Crippen molar-refractivity contribution in [3.05, 3.63) is 59.7 Å². The fraction of sp³-hybridized carbons (Fsp3) is 0.417. The first kappa shape index (κ1) is 21.7. The second-order valence-corrected chi connectivity index (χ2v) is 7.67. The number of carbonyl (C=O) groups is 2. The predicted octanol–water partition coefficient (Wildman–Crippen LogP) is 3.26. The molecule has 0 aromatic heterocycles. The van der Waals surface area contributed by atoms with Crippen molar-refractivity contribution in [3.8, 4) is 11.5 Å². The number of piperidine rings is 1. The SMILES string of the molecule is Cc1ccc(OCC(=O)N2CCC(NC(=O)CCOc3ccccc3)CC2)cc1C. The number of carbonyl (C=O) groups excluding carboxylic acids is 2. The van der Waals surface area contributed by atoms with Gasteiger partial charge in [-0.2, -0.15) is 0 Å². The molecule has 2 aromatic rings. The summed E-state index contributed by atoms with van der Waals surface area (Å²) in [5.74, 6) is 1.44. The number of ether oxygens (including phenoxy) is 2. The summed E-state index contributed by atoms with van der Waals surface area (Å²) in [6.45, 7) is 5.71. The molecule has 0 saturated carbocycles. The zero-order valence-electron chi connectivity index (χ0n) is 17.7. The quantitative estimate of drug-likeness (QED) is 0.725. The van der Waals surface area contributed by atoms with Crippen molar-refractivity contribution in [1.29, 1.82) is 0 Å². The van der Waals surface area contributed by atoms with Crippen LogP contribution in [0.5, 0.6) is 11.5 Å². The van der Waals surface area contributed by atoms with Crippen LogP contribution in [0.3, 0.4) is 0 Å². The van der Waals surface area contributed by atoms with Crippen molar-refractivity contribution in [2.45, 2.75) is 39.2 Å². The van der Waals surface area contributed by atoms with Crippen LogP contribution in [-0.2, 0) is 9.59 Å². The van der Waals surface area contributed by atoms with Crippen LogP contribution in [-0.4, -0.2) is 49.1 Å². The Balaban J connectivity index is 1.33. The van der Waals surface area contributed by atoms with Crippen molar-refractivity contribution in [2.75, 3.05) is 26.3 Å². The maximum absolute atomic E-state index is 12.4. The van der Waals surface area contributed by atoms with Crippen LogP contribution in [0, 0.1) is 13.8 Å². The van der Waals surface area contributed by atoms with Gasteiger partial charge in [0.2, 0.25) is 5.91 Å². The summed E-state index contributed by atoms with van der Waals surface area (Å²) < 4.78 is 11.2. The largest absolute Gasteiger partial charge is 0.493 e. The highest BCUT2D eigenvalue weighted by Crippen LogP contribution is 2.17. The number of hydrogen-bond donors (Lipinski definition) is 1. The molecule has 0 atom stereocenters. The summed E-state index contributed by atoms with van der Waals surface area (Å²) >= 11 is 0. The molecule has 160 valence electrons. The maximum Gasteiger partial charge on any atom is 0.260 e. The zero-order valence-corrected chi connectivity index (χ0v) is 17.7. The van der Waals surface area contributed by atoms with Crippen molar-refractivity contribution in [3.63, 3.8) is 0 Å². The number of nitrogens with one attached hydrogen (secondary N) is 1. The summed E-state index contributed by atoms with van der Waals surface area (Å²) in [7, 11) is 0. The Morgan fingerprint density at radius 1 is 0.967 bits per heavy atom. The van der Waals surface area contributed by atoms with Gasteiger partial charge in [-0.15, -0.1) is 0 Å². The van der Waals surface area contributed by atoms with E-state index in [1.165, 1.54) is 5.56 Å². The normalized spacial score (nSPS) is 14.3. The molecule has 0 aliphatic carbocycles. The highest BCUT2D eigenvalue weighted by molar-refractivity contribution is 5.78. The molecule has 6 heteroatoms. The minimum Gasteiger partial charge on any atom is -0.493 e. The smallest absolute Gasteiger partial charge is 0.260 e. The molecule has 6 nitrogen and oxygen atoms in total. The number of para-hydroxylation sites is 1. The lowest BCUT2D eigenvalue weighted by molar-refractivity contribution is -0.134. The minimum atomic E-state index is -0.0196. The van der Waals surface area contributed by atoms with E-state index < -0.39 is 0 Å². The topological polar surface area (TPSA) is 67.9 Å². The molecule has 1 fully saturated rings. The van der Waals surface area contributed by atoms with Gasteiger partial charge >= 0.3 is 0 Å². The lowest BCUT2D eigenvalue weighted by Gasteiger charge is -2.32. The number of aryl methyl sites for hydroxylation is 2. The van der Waals surface area contributed by atoms with Crippen molar-refractivity contribution >= 4 is 11.8 Å². The molecule has 0 radical (unpaired) electrons. The van der Waals surface area contributed by atoms with Crippen LogP contribution in [0.2, 0.25) is 0 Å². The molecule has 1 aliphatic rings. The first-order valence-corrected chi connectivity index (χ1v) is 10.5. The molecule has 3 rings (SSSR count). The molecular weight excluding hydrogens is 380 g/mol. The third kappa shape index (κ3) is 6.51. The lowest BCUT2D eigenvalue weighted by Crippen LogP contribution is -2.47. The summed E-state index contributed by atoms with van der Waals surface area (Å²) in [5.41, 5.74) is 2.34. The fourth-order valence-corrected chi connectivity index (χ4v) is 3.39. The number of amides is 2. The fourth-order valence-electron chi connectivity index (χ4n) is 3.39. The van der Waals surface area contributed by atoms with Crippen molar-refractivity contribution in [1.82, 2.24) is 10.2 Å². The Morgan fingerprint density at radius 2 is 1.70 bits per heavy atom. The van der Waals surface area contributed by atoms with Crippen LogP contribution in [0.25, 0.3) is 0 Å². The molecular formula is C24H30N2O4. The third-order valence-electron chi connectivity index (χ3n) is 5.39. The molecule has 1 aliphatic heterocycles. The van der Waals surface area contributed by atoms with Gasteiger partial charge in [0, 0.05) is 19.1 Å². The summed E-state index contributed by atoms with van der Waals surface area (Å²) in [6, 6.07) is 15.4. The van der Waals surface area contributed by atoms with Gasteiger partial charge in [-0.25, -0.2) is 0 Å².